The van der Waals surface area contributed by atoms with Gasteiger partial charge in [-0.05, 0) is 62.1 Å². The Morgan fingerprint density at radius 3 is 2.41 bits per heavy atom. The molecule has 2 heterocycles. The van der Waals surface area contributed by atoms with E-state index in [0.717, 1.165) is 43.5 Å². The molecule has 1 saturated carbocycles. The largest absolute Gasteiger partial charge is 0.467 e. The van der Waals surface area contributed by atoms with Gasteiger partial charge in [-0.15, -0.1) is 0 Å². The summed E-state index contributed by atoms with van der Waals surface area (Å²) in [7, 11) is 1.62. The molecule has 6 nitrogen and oxygen atoms in total. The molecule has 1 aliphatic carbocycles. The third-order valence-corrected chi connectivity index (χ3v) is 6.21. The number of rotatable bonds is 4. The number of halogens is 3. The van der Waals surface area contributed by atoms with Crippen LogP contribution in [0.2, 0.25) is 0 Å². The summed E-state index contributed by atoms with van der Waals surface area (Å²) in [5.74, 6) is -0.195. The lowest BCUT2D eigenvalue weighted by Gasteiger charge is -2.42. The summed E-state index contributed by atoms with van der Waals surface area (Å²) in [5, 5.41) is 0. The predicted octanol–water partition coefficient (Wildman–Crippen LogP) is 4.46. The minimum Gasteiger partial charge on any atom is -0.467 e. The van der Waals surface area contributed by atoms with Gasteiger partial charge < -0.3 is 14.1 Å². The lowest BCUT2D eigenvalue weighted by Crippen LogP contribution is -2.56. The van der Waals surface area contributed by atoms with E-state index in [1.165, 1.54) is 16.1 Å². The van der Waals surface area contributed by atoms with Gasteiger partial charge >= 0.3 is 6.18 Å². The average molecular weight is 450 g/mol. The number of alkyl halides is 3. The number of likely N-dealkylation sites (N-methyl/N-ethyl adjacent to an activating group) is 1. The van der Waals surface area contributed by atoms with E-state index in [1.807, 2.05) is 0 Å². The quantitative estimate of drug-likeness (QED) is 0.690. The zero-order valence-electron chi connectivity index (χ0n) is 17.7. The van der Waals surface area contributed by atoms with Crippen molar-refractivity contribution in [2.45, 2.75) is 56.6 Å². The molecule has 2 amide bonds. The van der Waals surface area contributed by atoms with Gasteiger partial charge in [-0.25, -0.2) is 0 Å². The maximum absolute atomic E-state index is 13.5. The average Bonchev–Trinajstić information content (AvgIpc) is 3.41. The van der Waals surface area contributed by atoms with Gasteiger partial charge in [0.05, 0.1) is 25.0 Å². The summed E-state index contributed by atoms with van der Waals surface area (Å²) in [4.78, 5) is 29.7. The van der Waals surface area contributed by atoms with E-state index < -0.39 is 29.4 Å². The van der Waals surface area contributed by atoms with Crippen LogP contribution < -0.4 is 0 Å². The standard InChI is InChI=1S/C23H25F3N2O4/c1-27(14-18-6-5-13-31-18)21(30)19-15-32-22(11-3-2-4-12-22)28(19)20(29)16-7-9-17(10-8-16)23(24,25)26/h5-10,13,19H,2-4,11-12,14-15H2,1H3/t19-/m1/s1. The molecule has 1 atom stereocenters. The summed E-state index contributed by atoms with van der Waals surface area (Å²) in [5.41, 5.74) is -1.64. The van der Waals surface area contributed by atoms with Crippen LogP contribution >= 0.6 is 0 Å². The summed E-state index contributed by atoms with van der Waals surface area (Å²) in [6.45, 7) is 0.283. The highest BCUT2D eigenvalue weighted by Crippen LogP contribution is 2.42. The van der Waals surface area contributed by atoms with Gasteiger partial charge in [-0.2, -0.15) is 13.2 Å². The van der Waals surface area contributed by atoms with E-state index >= 15 is 0 Å². The van der Waals surface area contributed by atoms with Gasteiger partial charge in [0.25, 0.3) is 5.91 Å². The first kappa shape index (κ1) is 22.4. The molecule has 1 saturated heterocycles. The Morgan fingerprint density at radius 2 is 1.81 bits per heavy atom. The van der Waals surface area contributed by atoms with Crippen LogP contribution in [0.25, 0.3) is 0 Å². The van der Waals surface area contributed by atoms with Gasteiger partial charge in [0.2, 0.25) is 5.91 Å². The number of carbonyl (C=O) groups excluding carboxylic acids is 2. The Labute approximate surface area is 183 Å². The number of furan rings is 1. The highest BCUT2D eigenvalue weighted by Gasteiger charge is 2.53. The molecule has 0 bridgehead atoms. The van der Waals surface area contributed by atoms with Crippen molar-refractivity contribution in [3.63, 3.8) is 0 Å². The smallest absolute Gasteiger partial charge is 0.416 e. The third kappa shape index (κ3) is 4.26. The highest BCUT2D eigenvalue weighted by molar-refractivity contribution is 5.98. The molecule has 1 aromatic heterocycles. The minimum atomic E-state index is -4.49. The van der Waals surface area contributed by atoms with Crippen LogP contribution in [0.1, 0.15) is 53.8 Å². The molecule has 1 aromatic carbocycles. The van der Waals surface area contributed by atoms with Crippen molar-refractivity contribution in [2.24, 2.45) is 0 Å². The Bertz CT molecular complexity index is 951. The van der Waals surface area contributed by atoms with Crippen LogP contribution in [0, 0.1) is 0 Å². The summed E-state index contributed by atoms with van der Waals surface area (Å²) >= 11 is 0. The maximum Gasteiger partial charge on any atom is 0.416 e. The zero-order chi connectivity index (χ0) is 22.9. The van der Waals surface area contributed by atoms with Crippen molar-refractivity contribution < 1.29 is 31.9 Å². The van der Waals surface area contributed by atoms with Crippen LogP contribution in [-0.2, 0) is 22.3 Å². The highest BCUT2D eigenvalue weighted by atomic mass is 19.4. The summed E-state index contributed by atoms with van der Waals surface area (Å²) in [6, 6.07) is 6.71. The fraction of sp³-hybridized carbons (Fsp3) is 0.478. The van der Waals surface area contributed by atoms with Crippen LogP contribution in [0.15, 0.2) is 47.1 Å². The molecular weight excluding hydrogens is 425 g/mol. The fourth-order valence-electron chi connectivity index (χ4n) is 4.57. The number of nitrogens with zero attached hydrogens (tertiary/aromatic N) is 2. The molecule has 0 radical (unpaired) electrons. The summed E-state index contributed by atoms with van der Waals surface area (Å²) in [6.07, 6.45) is 0.903. The number of hydrogen-bond donors (Lipinski definition) is 0. The van der Waals surface area contributed by atoms with Gasteiger partial charge in [0, 0.05) is 12.6 Å². The predicted molar refractivity (Wildman–Crippen MR) is 108 cm³/mol. The third-order valence-electron chi connectivity index (χ3n) is 6.21. The van der Waals surface area contributed by atoms with Gasteiger partial charge in [0.15, 0.2) is 0 Å². The number of carbonyl (C=O) groups is 2. The van der Waals surface area contributed by atoms with Crippen LogP contribution in [0.5, 0.6) is 0 Å². The van der Waals surface area contributed by atoms with Crippen molar-refractivity contribution in [2.75, 3.05) is 13.7 Å². The fourth-order valence-corrected chi connectivity index (χ4v) is 4.57. The van der Waals surface area contributed by atoms with Crippen molar-refractivity contribution in [3.05, 3.63) is 59.5 Å². The van der Waals surface area contributed by atoms with Crippen LogP contribution in [0.4, 0.5) is 13.2 Å². The van der Waals surface area contributed by atoms with Crippen LogP contribution in [-0.4, -0.2) is 47.0 Å². The van der Waals surface area contributed by atoms with Crippen molar-refractivity contribution in [1.82, 2.24) is 9.80 Å². The number of amides is 2. The molecule has 0 N–H and O–H groups in total. The second-order valence-electron chi connectivity index (χ2n) is 8.36. The maximum atomic E-state index is 13.5. The molecular formula is C23H25F3N2O4. The van der Waals surface area contributed by atoms with Gasteiger partial charge in [0.1, 0.15) is 17.5 Å². The molecule has 4 rings (SSSR count). The van der Waals surface area contributed by atoms with E-state index in [4.69, 9.17) is 9.15 Å². The second kappa shape index (κ2) is 8.61. The molecule has 9 heteroatoms. The molecule has 1 spiro atoms. The van der Waals surface area contributed by atoms with Gasteiger partial charge in [-0.3, -0.25) is 14.5 Å². The van der Waals surface area contributed by atoms with Gasteiger partial charge in [-0.1, -0.05) is 6.42 Å². The van der Waals surface area contributed by atoms with Crippen molar-refractivity contribution in [3.8, 4) is 0 Å². The molecule has 2 fully saturated rings. The van der Waals surface area contributed by atoms with E-state index in [2.05, 4.69) is 0 Å². The summed E-state index contributed by atoms with van der Waals surface area (Å²) < 4.78 is 50.2. The number of benzene rings is 1. The minimum absolute atomic E-state index is 0.0493. The van der Waals surface area contributed by atoms with E-state index in [1.54, 1.807) is 19.2 Å². The Morgan fingerprint density at radius 1 is 1.12 bits per heavy atom. The molecule has 32 heavy (non-hydrogen) atoms. The molecule has 2 aliphatic rings. The normalized spacial score (nSPS) is 20.5. The molecule has 1 aliphatic heterocycles. The van der Waals surface area contributed by atoms with Crippen molar-refractivity contribution >= 4 is 11.8 Å². The zero-order valence-corrected chi connectivity index (χ0v) is 17.7. The van der Waals surface area contributed by atoms with Crippen LogP contribution in [0.3, 0.4) is 0 Å². The molecule has 2 aromatic rings. The number of ether oxygens (including phenoxy) is 1. The SMILES string of the molecule is CN(Cc1ccco1)C(=O)[C@H]1COC2(CCCCC2)N1C(=O)c1ccc(C(F)(F)F)cc1. The molecule has 0 unspecified atom stereocenters. The number of hydrogen-bond acceptors (Lipinski definition) is 4. The Balaban J connectivity index is 1.62. The van der Waals surface area contributed by atoms with E-state index in [0.29, 0.717) is 18.6 Å². The lowest BCUT2D eigenvalue weighted by molar-refractivity contribution is -0.137. The van der Waals surface area contributed by atoms with E-state index in [-0.39, 0.29) is 24.6 Å². The second-order valence-corrected chi connectivity index (χ2v) is 8.36. The molecule has 172 valence electrons. The lowest BCUT2D eigenvalue weighted by atomic mass is 9.89. The first-order chi connectivity index (χ1) is 15.2. The topological polar surface area (TPSA) is 63.0 Å². The van der Waals surface area contributed by atoms with E-state index in [9.17, 15) is 22.8 Å². The Kier molecular flexibility index (Phi) is 6.03. The Hall–Kier alpha value is -2.81. The first-order valence-electron chi connectivity index (χ1n) is 10.6. The van der Waals surface area contributed by atoms with Crippen molar-refractivity contribution in [1.29, 1.82) is 0 Å². The first-order valence-corrected chi connectivity index (χ1v) is 10.6. The monoisotopic (exact) mass is 450 g/mol.